The van der Waals surface area contributed by atoms with Crippen molar-refractivity contribution in [2.75, 3.05) is 11.5 Å². The summed E-state index contributed by atoms with van der Waals surface area (Å²) in [5.41, 5.74) is 6.01. The number of nitrogens with two attached hydrogens (primary N) is 1. The van der Waals surface area contributed by atoms with Crippen molar-refractivity contribution in [2.45, 2.75) is 44.7 Å². The second-order valence-corrected chi connectivity index (χ2v) is 7.95. The number of nitrogens with zero attached hydrogens (tertiary/aromatic N) is 3. The molecule has 1 aromatic heterocycles. The van der Waals surface area contributed by atoms with Crippen molar-refractivity contribution in [3.05, 3.63) is 11.6 Å². The van der Waals surface area contributed by atoms with Crippen molar-refractivity contribution < 1.29 is 8.42 Å². The Bertz CT molecular complexity index is 552. The smallest absolute Gasteiger partial charge is 0.151 e. The van der Waals surface area contributed by atoms with Crippen LogP contribution in [-0.4, -0.2) is 34.7 Å². The Morgan fingerprint density at radius 1 is 1.26 bits per heavy atom. The van der Waals surface area contributed by atoms with E-state index in [1.54, 1.807) is 0 Å². The zero-order valence-corrected chi connectivity index (χ0v) is 11.8. The third-order valence-corrected chi connectivity index (χ3v) is 5.82. The van der Waals surface area contributed by atoms with Gasteiger partial charge in [-0.1, -0.05) is 0 Å². The molecule has 2 aliphatic heterocycles. The molecule has 3 heterocycles. The van der Waals surface area contributed by atoms with Crippen LogP contribution < -0.4 is 5.73 Å². The maximum atomic E-state index is 11.4. The van der Waals surface area contributed by atoms with Gasteiger partial charge < -0.3 is 5.73 Å². The number of hydrogen-bond donors (Lipinski definition) is 1. The third kappa shape index (κ3) is 2.81. The molecule has 1 saturated heterocycles. The van der Waals surface area contributed by atoms with E-state index >= 15 is 0 Å². The predicted molar refractivity (Wildman–Crippen MR) is 71.3 cm³/mol. The van der Waals surface area contributed by atoms with E-state index in [0.29, 0.717) is 17.4 Å². The largest absolute Gasteiger partial charge is 0.310 e. The molecule has 106 valence electrons. The van der Waals surface area contributed by atoms with Crippen molar-refractivity contribution in [2.24, 2.45) is 11.7 Å². The van der Waals surface area contributed by atoms with E-state index in [2.05, 4.69) is 10.1 Å². The lowest BCUT2D eigenvalue weighted by molar-refractivity contribution is 0.369. The number of aryl methyl sites for hydroxylation is 1. The molecule has 0 aliphatic carbocycles. The number of sulfone groups is 1. The molecule has 0 bridgehead atoms. The summed E-state index contributed by atoms with van der Waals surface area (Å²) in [6, 6.07) is 0. The minimum Gasteiger partial charge on any atom is -0.310 e. The van der Waals surface area contributed by atoms with Gasteiger partial charge in [-0.15, -0.1) is 0 Å². The molecule has 0 aromatic carbocycles. The molecular formula is C12H20N4O2S. The third-order valence-electron chi connectivity index (χ3n) is 4.11. The van der Waals surface area contributed by atoms with Gasteiger partial charge in [0.2, 0.25) is 0 Å². The fraction of sp³-hybridized carbons (Fsp3) is 0.833. The van der Waals surface area contributed by atoms with E-state index in [1.807, 2.05) is 4.68 Å². The van der Waals surface area contributed by atoms with Crippen LogP contribution in [0.15, 0.2) is 0 Å². The van der Waals surface area contributed by atoms with Crippen LogP contribution in [0.25, 0.3) is 0 Å². The van der Waals surface area contributed by atoms with E-state index in [-0.39, 0.29) is 6.17 Å². The first-order chi connectivity index (χ1) is 9.03. The summed E-state index contributed by atoms with van der Waals surface area (Å²) in [4.78, 5) is 4.55. The summed E-state index contributed by atoms with van der Waals surface area (Å²) in [5, 5.41) is 4.49. The molecule has 6 nitrogen and oxygen atoms in total. The predicted octanol–water partition coefficient (Wildman–Crippen LogP) is 0.439. The van der Waals surface area contributed by atoms with Crippen LogP contribution in [-0.2, 0) is 22.7 Å². The van der Waals surface area contributed by atoms with Crippen molar-refractivity contribution >= 4 is 9.84 Å². The van der Waals surface area contributed by atoms with Crippen molar-refractivity contribution in [3.8, 4) is 0 Å². The molecular weight excluding hydrogens is 264 g/mol. The molecule has 0 spiro atoms. The van der Waals surface area contributed by atoms with Gasteiger partial charge in [-0.25, -0.2) is 18.1 Å². The molecule has 0 saturated carbocycles. The van der Waals surface area contributed by atoms with Gasteiger partial charge in [-0.3, -0.25) is 0 Å². The average Bonchev–Trinajstić information content (AvgIpc) is 2.76. The maximum absolute atomic E-state index is 11.4. The van der Waals surface area contributed by atoms with Gasteiger partial charge in [0.05, 0.1) is 11.5 Å². The highest BCUT2D eigenvalue weighted by Crippen LogP contribution is 2.24. The molecule has 1 fully saturated rings. The highest BCUT2D eigenvalue weighted by atomic mass is 32.2. The van der Waals surface area contributed by atoms with E-state index in [4.69, 9.17) is 5.73 Å². The Labute approximate surface area is 113 Å². The van der Waals surface area contributed by atoms with Gasteiger partial charge in [-0.2, -0.15) is 5.10 Å². The monoisotopic (exact) mass is 284 g/mol. The SMILES string of the molecule is NC1CCCc2nc(CC3CCS(=O)(=O)CC3)nn21. The lowest BCUT2D eigenvalue weighted by Crippen LogP contribution is -2.26. The first-order valence-electron chi connectivity index (χ1n) is 6.94. The highest BCUT2D eigenvalue weighted by molar-refractivity contribution is 7.91. The quantitative estimate of drug-likeness (QED) is 0.851. The van der Waals surface area contributed by atoms with Crippen LogP contribution in [0.5, 0.6) is 0 Å². The van der Waals surface area contributed by atoms with Crippen molar-refractivity contribution in [3.63, 3.8) is 0 Å². The number of hydrogen-bond acceptors (Lipinski definition) is 5. The van der Waals surface area contributed by atoms with Crippen LogP contribution in [0, 0.1) is 5.92 Å². The van der Waals surface area contributed by atoms with E-state index < -0.39 is 9.84 Å². The number of rotatable bonds is 2. The van der Waals surface area contributed by atoms with Crippen molar-refractivity contribution in [1.82, 2.24) is 14.8 Å². The van der Waals surface area contributed by atoms with Crippen molar-refractivity contribution in [1.29, 1.82) is 0 Å². The zero-order chi connectivity index (χ0) is 13.5. The van der Waals surface area contributed by atoms with E-state index in [0.717, 1.165) is 50.2 Å². The number of aromatic nitrogens is 3. The standard InChI is InChI=1S/C12H20N4O2S/c13-10-2-1-3-12-14-11(15-16(10)12)8-9-4-6-19(17,18)7-5-9/h9-10H,1-8,13H2. The van der Waals surface area contributed by atoms with Gasteiger partial charge in [-0.05, 0) is 31.6 Å². The summed E-state index contributed by atoms with van der Waals surface area (Å²) >= 11 is 0. The minimum atomic E-state index is -2.79. The zero-order valence-electron chi connectivity index (χ0n) is 11.0. The van der Waals surface area contributed by atoms with Crippen LogP contribution >= 0.6 is 0 Å². The minimum absolute atomic E-state index is 0.0447. The molecule has 1 aromatic rings. The topological polar surface area (TPSA) is 90.9 Å². The lowest BCUT2D eigenvalue weighted by Gasteiger charge is -2.20. The highest BCUT2D eigenvalue weighted by Gasteiger charge is 2.26. The molecule has 1 atom stereocenters. The first-order valence-corrected chi connectivity index (χ1v) is 8.76. The normalized spacial score (nSPS) is 27.1. The van der Waals surface area contributed by atoms with Gasteiger partial charge in [0, 0.05) is 12.8 Å². The van der Waals surface area contributed by atoms with Crippen LogP contribution in [0.4, 0.5) is 0 Å². The molecule has 2 aliphatic rings. The Balaban J connectivity index is 1.68. The van der Waals surface area contributed by atoms with Crippen LogP contribution in [0.2, 0.25) is 0 Å². The van der Waals surface area contributed by atoms with E-state index in [9.17, 15) is 8.42 Å². The van der Waals surface area contributed by atoms with Gasteiger partial charge in [0.15, 0.2) is 5.82 Å². The Morgan fingerprint density at radius 3 is 2.68 bits per heavy atom. The number of fused-ring (bicyclic) bond motifs is 1. The molecule has 0 radical (unpaired) electrons. The summed E-state index contributed by atoms with van der Waals surface area (Å²) in [6.45, 7) is 0. The van der Waals surface area contributed by atoms with Gasteiger partial charge in [0.1, 0.15) is 21.8 Å². The first kappa shape index (κ1) is 13.1. The van der Waals surface area contributed by atoms with Gasteiger partial charge in [0.25, 0.3) is 0 Å². The molecule has 0 amide bonds. The van der Waals surface area contributed by atoms with E-state index in [1.165, 1.54) is 0 Å². The molecule has 19 heavy (non-hydrogen) atoms. The van der Waals surface area contributed by atoms with Crippen LogP contribution in [0.3, 0.4) is 0 Å². The summed E-state index contributed by atoms with van der Waals surface area (Å²) in [7, 11) is -2.79. The molecule has 2 N–H and O–H groups in total. The second kappa shape index (κ2) is 4.86. The summed E-state index contributed by atoms with van der Waals surface area (Å²) in [5.74, 6) is 2.83. The fourth-order valence-corrected chi connectivity index (χ4v) is 4.51. The lowest BCUT2D eigenvalue weighted by atomic mass is 9.99. The Kier molecular flexibility index (Phi) is 3.34. The molecule has 1 unspecified atom stereocenters. The summed E-state index contributed by atoms with van der Waals surface area (Å²) in [6.07, 6.45) is 5.17. The maximum Gasteiger partial charge on any atom is 0.151 e. The average molecular weight is 284 g/mol. The second-order valence-electron chi connectivity index (χ2n) is 5.65. The van der Waals surface area contributed by atoms with Crippen LogP contribution in [0.1, 0.15) is 43.5 Å². The molecule has 7 heteroatoms. The Hall–Kier alpha value is -0.950. The summed E-state index contributed by atoms with van der Waals surface area (Å²) < 4.78 is 24.6. The molecule has 3 rings (SSSR count). The van der Waals surface area contributed by atoms with Gasteiger partial charge >= 0.3 is 0 Å². The fourth-order valence-electron chi connectivity index (χ4n) is 2.92. The Morgan fingerprint density at radius 2 is 2.00 bits per heavy atom.